The van der Waals surface area contributed by atoms with Crippen molar-refractivity contribution in [2.24, 2.45) is 0 Å². The molecule has 17 heavy (non-hydrogen) atoms. The first-order valence-corrected chi connectivity index (χ1v) is 6.51. The van der Waals surface area contributed by atoms with Gasteiger partial charge in [-0.15, -0.1) is 11.8 Å². The van der Waals surface area contributed by atoms with E-state index < -0.39 is 12.1 Å². The molecule has 1 rings (SSSR count). The zero-order valence-electron chi connectivity index (χ0n) is 9.88. The molecule has 0 spiro atoms. The van der Waals surface area contributed by atoms with Gasteiger partial charge in [0.2, 0.25) is 5.91 Å². The van der Waals surface area contributed by atoms with Gasteiger partial charge in [0, 0.05) is 11.8 Å². The first-order valence-electron chi connectivity index (χ1n) is 5.28. The molecular formula is C12H17NO3S. The molecule has 4 nitrogen and oxygen atoms in total. The lowest BCUT2D eigenvalue weighted by atomic mass is 10.0. The molecule has 3 N–H and O–H groups in total. The van der Waals surface area contributed by atoms with Gasteiger partial charge in [0.15, 0.2) is 0 Å². The van der Waals surface area contributed by atoms with Crippen molar-refractivity contribution in [3.8, 4) is 0 Å². The van der Waals surface area contributed by atoms with Crippen LogP contribution in [0.2, 0.25) is 0 Å². The summed E-state index contributed by atoms with van der Waals surface area (Å²) in [6.07, 6.45) is 1.07. The number of aliphatic hydroxyl groups excluding tert-OH is 2. The fraction of sp³-hybridized carbons (Fsp3) is 0.417. The molecule has 0 saturated heterocycles. The Morgan fingerprint density at radius 3 is 2.41 bits per heavy atom. The number of benzene rings is 1. The third-order valence-corrected chi connectivity index (χ3v) is 3.17. The smallest absolute Gasteiger partial charge is 0.217 e. The second kappa shape index (κ2) is 6.64. The van der Waals surface area contributed by atoms with E-state index in [1.54, 1.807) is 23.9 Å². The molecule has 0 radical (unpaired) electrons. The summed E-state index contributed by atoms with van der Waals surface area (Å²) in [4.78, 5) is 12.0. The van der Waals surface area contributed by atoms with Crippen LogP contribution < -0.4 is 5.32 Å². The minimum atomic E-state index is -0.903. The summed E-state index contributed by atoms with van der Waals surface area (Å²) in [6.45, 7) is 1.05. The molecule has 2 atom stereocenters. The van der Waals surface area contributed by atoms with Gasteiger partial charge in [0.25, 0.3) is 0 Å². The van der Waals surface area contributed by atoms with Gasteiger partial charge in [-0.05, 0) is 24.0 Å². The largest absolute Gasteiger partial charge is 0.394 e. The highest BCUT2D eigenvalue weighted by Gasteiger charge is 2.20. The van der Waals surface area contributed by atoms with Crippen LogP contribution in [-0.4, -0.2) is 35.0 Å². The number of carbonyl (C=O) groups is 1. The maximum Gasteiger partial charge on any atom is 0.217 e. The van der Waals surface area contributed by atoms with Crippen LogP contribution in [0.4, 0.5) is 0 Å². The van der Waals surface area contributed by atoms with E-state index in [1.807, 2.05) is 18.4 Å². The fourth-order valence-electron chi connectivity index (χ4n) is 1.52. The Bertz CT molecular complexity index is 367. The van der Waals surface area contributed by atoms with Gasteiger partial charge >= 0.3 is 0 Å². The van der Waals surface area contributed by atoms with Crippen LogP contribution >= 0.6 is 11.8 Å². The van der Waals surface area contributed by atoms with Crippen LogP contribution in [-0.2, 0) is 4.79 Å². The van der Waals surface area contributed by atoms with Crippen molar-refractivity contribution >= 4 is 17.7 Å². The molecule has 0 aliphatic rings. The molecule has 0 heterocycles. The summed E-state index contributed by atoms with van der Waals surface area (Å²) < 4.78 is 0. The van der Waals surface area contributed by atoms with Crippen molar-refractivity contribution in [2.75, 3.05) is 12.9 Å². The molecule has 0 saturated carbocycles. The minimum Gasteiger partial charge on any atom is -0.394 e. The monoisotopic (exact) mass is 255 g/mol. The molecule has 1 amide bonds. The van der Waals surface area contributed by atoms with Crippen LogP contribution in [0.25, 0.3) is 0 Å². The molecule has 0 unspecified atom stereocenters. The van der Waals surface area contributed by atoms with Gasteiger partial charge in [-0.3, -0.25) is 4.79 Å². The van der Waals surface area contributed by atoms with Crippen molar-refractivity contribution < 1.29 is 15.0 Å². The number of rotatable bonds is 5. The van der Waals surface area contributed by atoms with Crippen LogP contribution in [0.5, 0.6) is 0 Å². The summed E-state index contributed by atoms with van der Waals surface area (Å²) in [5.41, 5.74) is 0.676. The van der Waals surface area contributed by atoms with E-state index in [4.69, 9.17) is 5.11 Å². The predicted molar refractivity (Wildman–Crippen MR) is 67.9 cm³/mol. The van der Waals surface area contributed by atoms with E-state index in [0.717, 1.165) is 4.90 Å². The Morgan fingerprint density at radius 1 is 1.41 bits per heavy atom. The highest BCUT2D eigenvalue weighted by atomic mass is 32.2. The number of aliphatic hydroxyl groups is 2. The molecule has 1 aromatic rings. The van der Waals surface area contributed by atoms with Crippen LogP contribution in [0.3, 0.4) is 0 Å². The lowest BCUT2D eigenvalue weighted by molar-refractivity contribution is -0.121. The van der Waals surface area contributed by atoms with Gasteiger partial charge in [-0.25, -0.2) is 0 Å². The van der Waals surface area contributed by atoms with Crippen LogP contribution in [0.15, 0.2) is 29.2 Å². The highest BCUT2D eigenvalue weighted by Crippen LogP contribution is 2.21. The molecule has 5 heteroatoms. The maximum atomic E-state index is 10.9. The number of amides is 1. The zero-order chi connectivity index (χ0) is 12.8. The summed E-state index contributed by atoms with van der Waals surface area (Å²) in [5.74, 6) is -0.274. The number of thioether (sulfide) groups is 1. The van der Waals surface area contributed by atoms with Crippen molar-refractivity contribution in [2.45, 2.75) is 24.0 Å². The van der Waals surface area contributed by atoms with Crippen molar-refractivity contribution in [1.82, 2.24) is 5.32 Å². The molecule has 0 aromatic heterocycles. The molecule has 0 aliphatic heterocycles. The van der Waals surface area contributed by atoms with E-state index in [2.05, 4.69) is 5.32 Å². The molecule has 0 bridgehead atoms. The standard InChI is InChI=1S/C12H17NO3S/c1-8(15)13-11(7-14)12(16)9-3-5-10(17-2)6-4-9/h3-6,11-12,14,16H,7H2,1-2H3,(H,13,15)/t11-,12+/m1/s1. The van der Waals surface area contributed by atoms with Gasteiger partial charge in [-0.2, -0.15) is 0 Å². The Kier molecular flexibility index (Phi) is 5.47. The summed E-state index contributed by atoms with van der Waals surface area (Å²) in [5, 5.41) is 21.7. The van der Waals surface area contributed by atoms with E-state index in [0.29, 0.717) is 5.56 Å². The maximum absolute atomic E-state index is 10.9. The third kappa shape index (κ3) is 4.03. The van der Waals surface area contributed by atoms with Gasteiger partial charge < -0.3 is 15.5 Å². The van der Waals surface area contributed by atoms with E-state index in [-0.39, 0.29) is 12.5 Å². The van der Waals surface area contributed by atoms with Gasteiger partial charge in [0.1, 0.15) is 6.10 Å². The first kappa shape index (κ1) is 14.0. The van der Waals surface area contributed by atoms with E-state index in [9.17, 15) is 9.90 Å². The molecule has 0 aliphatic carbocycles. The average molecular weight is 255 g/mol. The van der Waals surface area contributed by atoms with Crippen molar-refractivity contribution in [1.29, 1.82) is 0 Å². The average Bonchev–Trinajstić information content (AvgIpc) is 2.35. The Morgan fingerprint density at radius 2 is 2.00 bits per heavy atom. The molecule has 0 fully saturated rings. The van der Waals surface area contributed by atoms with E-state index >= 15 is 0 Å². The summed E-state index contributed by atoms with van der Waals surface area (Å²) in [7, 11) is 0. The normalized spacial score (nSPS) is 14.1. The van der Waals surface area contributed by atoms with Crippen molar-refractivity contribution in [3.63, 3.8) is 0 Å². The second-order valence-corrected chi connectivity index (χ2v) is 4.59. The fourth-order valence-corrected chi connectivity index (χ4v) is 1.93. The lowest BCUT2D eigenvalue weighted by Gasteiger charge is -2.22. The zero-order valence-corrected chi connectivity index (χ0v) is 10.7. The quantitative estimate of drug-likeness (QED) is 0.685. The van der Waals surface area contributed by atoms with Crippen molar-refractivity contribution in [3.05, 3.63) is 29.8 Å². The first-order chi connectivity index (χ1) is 8.08. The highest BCUT2D eigenvalue weighted by molar-refractivity contribution is 7.98. The van der Waals surface area contributed by atoms with Gasteiger partial charge in [0.05, 0.1) is 12.6 Å². The summed E-state index contributed by atoms with van der Waals surface area (Å²) in [6, 6.07) is 6.70. The molecule has 1 aromatic carbocycles. The number of nitrogens with one attached hydrogen (secondary N) is 1. The summed E-state index contributed by atoms with van der Waals surface area (Å²) >= 11 is 1.61. The Hall–Kier alpha value is -1.04. The topological polar surface area (TPSA) is 69.6 Å². The van der Waals surface area contributed by atoms with E-state index in [1.165, 1.54) is 6.92 Å². The van der Waals surface area contributed by atoms with Crippen LogP contribution in [0.1, 0.15) is 18.6 Å². The number of hydrogen-bond donors (Lipinski definition) is 3. The lowest BCUT2D eigenvalue weighted by Crippen LogP contribution is -2.40. The SMILES string of the molecule is CSc1ccc([C@H](O)[C@@H](CO)NC(C)=O)cc1. The van der Waals surface area contributed by atoms with Crippen LogP contribution in [0, 0.1) is 0 Å². The second-order valence-electron chi connectivity index (χ2n) is 3.71. The Labute approximate surface area is 105 Å². The molecular weight excluding hydrogens is 238 g/mol. The minimum absolute atomic E-state index is 0.274. The number of hydrogen-bond acceptors (Lipinski definition) is 4. The third-order valence-electron chi connectivity index (χ3n) is 2.42. The van der Waals surface area contributed by atoms with Gasteiger partial charge in [-0.1, -0.05) is 12.1 Å². The Balaban J connectivity index is 2.78. The predicted octanol–water partition coefficient (Wildman–Crippen LogP) is 0.939. The molecule has 94 valence electrons. The number of carbonyl (C=O) groups excluding carboxylic acids is 1.